The maximum Gasteiger partial charge on any atom is 0.265 e. The number of amides is 1. The first kappa shape index (κ1) is 19.4. The number of para-hydroxylation sites is 3. The van der Waals surface area contributed by atoms with Gasteiger partial charge in [-0.05, 0) is 36.4 Å². The van der Waals surface area contributed by atoms with E-state index >= 15 is 0 Å². The first-order valence-electron chi connectivity index (χ1n) is 9.11. The average Bonchev–Trinajstić information content (AvgIpc) is 3.27. The van der Waals surface area contributed by atoms with Gasteiger partial charge in [-0.15, -0.1) is 0 Å². The van der Waals surface area contributed by atoms with Crippen LogP contribution in [0.4, 0.5) is 11.4 Å². The second-order valence-electron chi connectivity index (χ2n) is 6.43. The second-order valence-corrected chi connectivity index (χ2v) is 8.11. The minimum Gasteiger partial charge on any atom is -0.322 e. The molecule has 0 unspecified atom stereocenters. The van der Waals surface area contributed by atoms with Crippen molar-refractivity contribution in [3.63, 3.8) is 0 Å². The van der Waals surface area contributed by atoms with E-state index in [1.54, 1.807) is 48.5 Å². The lowest BCUT2D eigenvalue weighted by Crippen LogP contribution is -2.18. The van der Waals surface area contributed by atoms with Crippen molar-refractivity contribution in [1.82, 2.24) is 9.78 Å². The number of benzene rings is 3. The largest absolute Gasteiger partial charge is 0.322 e. The number of hydrogen-bond acceptors (Lipinski definition) is 4. The molecule has 0 spiro atoms. The van der Waals surface area contributed by atoms with Crippen molar-refractivity contribution in [2.75, 3.05) is 10.0 Å². The quantitative estimate of drug-likeness (QED) is 0.496. The predicted octanol–water partition coefficient (Wildman–Crippen LogP) is 3.93. The maximum absolute atomic E-state index is 12.9. The van der Waals surface area contributed by atoms with Gasteiger partial charge in [0.1, 0.15) is 4.90 Å². The summed E-state index contributed by atoms with van der Waals surface area (Å²) in [4.78, 5) is 12.7. The Bertz CT molecular complexity index is 1270. The molecule has 1 aromatic heterocycles. The summed E-state index contributed by atoms with van der Waals surface area (Å²) in [5, 5.41) is 6.89. The van der Waals surface area contributed by atoms with Gasteiger partial charge in [0.25, 0.3) is 15.9 Å². The molecule has 1 amide bonds. The number of hydrogen-bond donors (Lipinski definition) is 2. The molecule has 0 saturated carbocycles. The molecule has 0 aliphatic carbocycles. The van der Waals surface area contributed by atoms with Crippen LogP contribution in [-0.4, -0.2) is 24.1 Å². The Labute approximate surface area is 174 Å². The van der Waals surface area contributed by atoms with Gasteiger partial charge in [-0.25, -0.2) is 13.1 Å². The second kappa shape index (κ2) is 8.22. The van der Waals surface area contributed by atoms with Crippen molar-refractivity contribution >= 4 is 27.3 Å². The van der Waals surface area contributed by atoms with Gasteiger partial charge < -0.3 is 5.32 Å². The van der Waals surface area contributed by atoms with E-state index in [1.807, 2.05) is 36.4 Å². The third kappa shape index (κ3) is 4.23. The highest BCUT2D eigenvalue weighted by atomic mass is 32.2. The highest BCUT2D eigenvalue weighted by molar-refractivity contribution is 7.92. The zero-order valence-electron chi connectivity index (χ0n) is 15.8. The SMILES string of the molecule is O=C(Nc1ccccc1)c1ccccc1NS(=O)(=O)c1cnn(-c2ccccc2)c1. The van der Waals surface area contributed by atoms with Crippen LogP contribution in [0, 0.1) is 0 Å². The number of nitrogens with one attached hydrogen (secondary N) is 2. The number of sulfonamides is 1. The van der Waals surface area contributed by atoms with Gasteiger partial charge in [0, 0.05) is 5.69 Å². The van der Waals surface area contributed by atoms with E-state index in [0.717, 1.165) is 5.69 Å². The zero-order chi connectivity index (χ0) is 21.0. The molecule has 0 aliphatic heterocycles. The Morgan fingerprint density at radius 3 is 2.20 bits per heavy atom. The summed E-state index contributed by atoms with van der Waals surface area (Å²) in [5.74, 6) is -0.417. The summed E-state index contributed by atoms with van der Waals surface area (Å²) in [6.07, 6.45) is 2.69. The number of nitrogens with zero attached hydrogens (tertiary/aromatic N) is 2. The van der Waals surface area contributed by atoms with Gasteiger partial charge in [0.15, 0.2) is 0 Å². The topological polar surface area (TPSA) is 93.1 Å². The van der Waals surface area contributed by atoms with Crippen molar-refractivity contribution in [3.8, 4) is 5.69 Å². The van der Waals surface area contributed by atoms with Crippen LogP contribution in [0.1, 0.15) is 10.4 Å². The molecule has 30 heavy (non-hydrogen) atoms. The standard InChI is InChI=1S/C22H18N4O3S/c27-22(24-17-9-3-1-4-10-17)20-13-7-8-14-21(20)25-30(28,29)19-15-23-26(16-19)18-11-5-2-6-12-18/h1-16,25H,(H,24,27). The predicted molar refractivity (Wildman–Crippen MR) is 115 cm³/mol. The smallest absolute Gasteiger partial charge is 0.265 e. The number of rotatable bonds is 6. The molecule has 150 valence electrons. The molecule has 0 radical (unpaired) electrons. The van der Waals surface area contributed by atoms with E-state index in [0.29, 0.717) is 5.69 Å². The highest BCUT2D eigenvalue weighted by Gasteiger charge is 2.20. The molecule has 7 nitrogen and oxygen atoms in total. The molecule has 0 fully saturated rings. The van der Waals surface area contributed by atoms with Crippen LogP contribution in [0.25, 0.3) is 5.69 Å². The first-order valence-corrected chi connectivity index (χ1v) is 10.6. The monoisotopic (exact) mass is 418 g/mol. The van der Waals surface area contributed by atoms with Gasteiger partial charge in [-0.1, -0.05) is 48.5 Å². The molecule has 3 aromatic carbocycles. The molecular formula is C22H18N4O3S. The third-order valence-corrected chi connectivity index (χ3v) is 5.66. The summed E-state index contributed by atoms with van der Waals surface area (Å²) >= 11 is 0. The van der Waals surface area contributed by atoms with Gasteiger partial charge in [0.2, 0.25) is 0 Å². The van der Waals surface area contributed by atoms with Crippen LogP contribution in [0.2, 0.25) is 0 Å². The van der Waals surface area contributed by atoms with Gasteiger partial charge in [-0.3, -0.25) is 9.52 Å². The van der Waals surface area contributed by atoms with Crippen molar-refractivity contribution in [2.45, 2.75) is 4.90 Å². The Balaban J connectivity index is 1.58. The Kier molecular flexibility index (Phi) is 5.32. The van der Waals surface area contributed by atoms with Crippen LogP contribution in [0.15, 0.2) is 102 Å². The summed E-state index contributed by atoms with van der Waals surface area (Å²) in [6.45, 7) is 0. The lowest BCUT2D eigenvalue weighted by molar-refractivity contribution is 0.102. The lowest BCUT2D eigenvalue weighted by atomic mass is 10.1. The van der Waals surface area contributed by atoms with Crippen LogP contribution in [-0.2, 0) is 10.0 Å². The molecular weight excluding hydrogens is 400 g/mol. The minimum absolute atomic E-state index is 0.00961. The van der Waals surface area contributed by atoms with Gasteiger partial charge >= 0.3 is 0 Å². The molecule has 4 rings (SSSR count). The Hall–Kier alpha value is -3.91. The van der Waals surface area contributed by atoms with Crippen LogP contribution < -0.4 is 10.0 Å². The molecule has 0 saturated heterocycles. The summed E-state index contributed by atoms with van der Waals surface area (Å²) in [5.41, 5.74) is 1.74. The lowest BCUT2D eigenvalue weighted by Gasteiger charge is -2.12. The van der Waals surface area contributed by atoms with Crippen LogP contribution in [0.5, 0.6) is 0 Å². The molecule has 0 aliphatic rings. The first-order chi connectivity index (χ1) is 14.5. The van der Waals surface area contributed by atoms with Gasteiger partial charge in [0.05, 0.1) is 29.3 Å². The fraction of sp³-hybridized carbons (Fsp3) is 0. The Morgan fingerprint density at radius 2 is 1.47 bits per heavy atom. The number of anilines is 2. The van der Waals surface area contributed by atoms with Crippen LogP contribution in [0.3, 0.4) is 0 Å². The van der Waals surface area contributed by atoms with Crippen LogP contribution >= 0.6 is 0 Å². The molecule has 0 atom stereocenters. The van der Waals surface area contributed by atoms with Crippen molar-refractivity contribution in [1.29, 1.82) is 0 Å². The molecule has 2 N–H and O–H groups in total. The Morgan fingerprint density at radius 1 is 0.833 bits per heavy atom. The molecule has 1 heterocycles. The van der Waals surface area contributed by atoms with E-state index in [4.69, 9.17) is 0 Å². The number of carbonyl (C=O) groups excluding carboxylic acids is 1. The molecule has 4 aromatic rings. The van der Waals surface area contributed by atoms with Crippen molar-refractivity contribution < 1.29 is 13.2 Å². The zero-order valence-corrected chi connectivity index (χ0v) is 16.6. The number of aromatic nitrogens is 2. The van der Waals surface area contributed by atoms with Gasteiger partial charge in [-0.2, -0.15) is 5.10 Å². The van der Waals surface area contributed by atoms with E-state index in [1.165, 1.54) is 17.1 Å². The minimum atomic E-state index is -3.94. The summed E-state index contributed by atoms with van der Waals surface area (Å²) < 4.78 is 29.7. The summed E-state index contributed by atoms with van der Waals surface area (Å²) in [7, 11) is -3.94. The fourth-order valence-corrected chi connectivity index (χ4v) is 3.87. The summed E-state index contributed by atoms with van der Waals surface area (Å²) in [6, 6.07) is 24.6. The third-order valence-electron chi connectivity index (χ3n) is 4.34. The highest BCUT2D eigenvalue weighted by Crippen LogP contribution is 2.22. The fourth-order valence-electron chi connectivity index (χ4n) is 2.86. The normalized spacial score (nSPS) is 11.1. The molecule has 8 heteroatoms. The van der Waals surface area contributed by atoms with E-state index < -0.39 is 15.9 Å². The van der Waals surface area contributed by atoms with E-state index in [2.05, 4.69) is 15.1 Å². The van der Waals surface area contributed by atoms with E-state index in [-0.39, 0.29) is 16.1 Å². The van der Waals surface area contributed by atoms with Crippen molar-refractivity contribution in [3.05, 3.63) is 103 Å². The number of carbonyl (C=O) groups is 1. The van der Waals surface area contributed by atoms with Crippen molar-refractivity contribution in [2.24, 2.45) is 0 Å². The molecule has 0 bridgehead atoms. The van der Waals surface area contributed by atoms with E-state index in [9.17, 15) is 13.2 Å². The maximum atomic E-state index is 12.9. The average molecular weight is 418 g/mol.